The lowest BCUT2D eigenvalue weighted by Crippen LogP contribution is -2.29. The zero-order valence-corrected chi connectivity index (χ0v) is 25.9. The molecule has 232 valence electrons. The van der Waals surface area contributed by atoms with E-state index in [-0.39, 0.29) is 5.91 Å². The molecule has 0 bridgehead atoms. The van der Waals surface area contributed by atoms with Gasteiger partial charge in [0.15, 0.2) is 17.4 Å². The summed E-state index contributed by atoms with van der Waals surface area (Å²) in [6.07, 6.45) is 27.5. The zero-order chi connectivity index (χ0) is 30.1. The Kier molecular flexibility index (Phi) is 13.6. The highest BCUT2D eigenvalue weighted by Gasteiger charge is 2.16. The third kappa shape index (κ3) is 10.9. The Labute approximate surface area is 255 Å². The highest BCUT2D eigenvalue weighted by molar-refractivity contribution is 5.99. The van der Waals surface area contributed by atoms with Crippen molar-refractivity contribution < 1.29 is 22.9 Å². The second-order valence-electron chi connectivity index (χ2n) is 11.6. The molecule has 7 nitrogen and oxygen atoms in total. The van der Waals surface area contributed by atoms with Crippen molar-refractivity contribution in [3.05, 3.63) is 64.9 Å². The Morgan fingerprint density at radius 2 is 1.67 bits per heavy atom. The van der Waals surface area contributed by atoms with Gasteiger partial charge in [0, 0.05) is 47.9 Å². The maximum atomic E-state index is 12.4. The fourth-order valence-electron chi connectivity index (χ4n) is 5.51. The Hall–Kier alpha value is -3.61. The second-order valence-corrected chi connectivity index (χ2v) is 11.6. The molecule has 0 saturated heterocycles. The molecule has 1 N–H and O–H groups in total. The summed E-state index contributed by atoms with van der Waals surface area (Å²) in [4.78, 5) is 24.2. The summed E-state index contributed by atoms with van der Waals surface area (Å²) in [6.45, 7) is 4.39. The Balaban J connectivity index is 1.07. The van der Waals surface area contributed by atoms with Gasteiger partial charge in [0.25, 0.3) is 0 Å². The number of furan rings is 1. The molecule has 4 rings (SSSR count). The first kappa shape index (κ1) is 32.3. The largest absolute Gasteiger partial charge is 0.486 e. The van der Waals surface area contributed by atoms with Gasteiger partial charge < -0.3 is 18.9 Å². The van der Waals surface area contributed by atoms with Crippen LogP contribution in [-0.2, 0) is 4.79 Å². The molecule has 1 aromatic carbocycles. The highest BCUT2D eigenvalue weighted by atomic mass is 16.5. The van der Waals surface area contributed by atoms with Crippen LogP contribution in [0.2, 0.25) is 0 Å². The molecule has 0 spiro atoms. The number of hydrogen-bond acceptors (Lipinski definition) is 5. The van der Waals surface area contributed by atoms with E-state index in [9.17, 15) is 9.59 Å². The van der Waals surface area contributed by atoms with Crippen LogP contribution in [-0.4, -0.2) is 36.4 Å². The number of ether oxygens (including phenoxy) is 1. The SMILES string of the molecule is CCCCCCC/C=C\CCCCCCCC(=O)NC1=CC=[N+](CCCOc2c3occc3cc3ccc(=O)oc23)CC1. The summed E-state index contributed by atoms with van der Waals surface area (Å²) in [7, 11) is 0. The number of rotatable bonds is 20. The predicted octanol–water partition coefficient (Wildman–Crippen LogP) is 8.44. The van der Waals surface area contributed by atoms with Crippen molar-refractivity contribution in [1.29, 1.82) is 0 Å². The lowest BCUT2D eigenvalue weighted by molar-refractivity contribution is -0.524. The minimum absolute atomic E-state index is 0.120. The Bertz CT molecular complexity index is 1440. The maximum Gasteiger partial charge on any atom is 0.336 e. The Morgan fingerprint density at radius 3 is 2.44 bits per heavy atom. The standard InChI is InChI=1S/C36H48N2O5/c1-2-3-4-5-6-7-8-9-10-11-12-13-14-15-17-32(39)37-31-20-24-38(25-21-31)23-16-26-41-36-34-30(22-27-42-34)28-29-18-19-33(40)43-35(29)36/h8-9,18-20,22,24,27-28H,2-7,10-17,21,23,25-26H2,1H3/p+1/b9-8-. The molecule has 1 aliphatic heterocycles. The monoisotopic (exact) mass is 589 g/mol. The highest BCUT2D eigenvalue weighted by Crippen LogP contribution is 2.35. The average molecular weight is 590 g/mol. The number of hydrogen-bond donors (Lipinski definition) is 1. The van der Waals surface area contributed by atoms with Gasteiger partial charge in [-0.05, 0) is 50.3 Å². The molecule has 0 radical (unpaired) electrons. The van der Waals surface area contributed by atoms with Crippen molar-refractivity contribution in [3.63, 3.8) is 0 Å². The molecule has 3 aromatic rings. The number of carbonyl (C=O) groups excluding carboxylic acids is 1. The van der Waals surface area contributed by atoms with E-state index in [4.69, 9.17) is 13.6 Å². The van der Waals surface area contributed by atoms with Crippen LogP contribution in [0.1, 0.15) is 103 Å². The molecule has 0 aliphatic carbocycles. The molecule has 1 amide bonds. The van der Waals surface area contributed by atoms with Crippen molar-refractivity contribution in [1.82, 2.24) is 5.32 Å². The number of nitrogens with one attached hydrogen (secondary N) is 1. The van der Waals surface area contributed by atoms with Gasteiger partial charge >= 0.3 is 5.63 Å². The first-order chi connectivity index (χ1) is 21.1. The van der Waals surface area contributed by atoms with E-state index in [1.165, 1.54) is 70.3 Å². The fourth-order valence-corrected chi connectivity index (χ4v) is 5.51. The minimum atomic E-state index is -0.418. The number of unbranched alkanes of at least 4 members (excludes halogenated alkanes) is 10. The molecule has 2 aromatic heterocycles. The van der Waals surface area contributed by atoms with E-state index < -0.39 is 5.63 Å². The third-order valence-electron chi connectivity index (χ3n) is 7.99. The van der Waals surface area contributed by atoms with Crippen LogP contribution in [0.3, 0.4) is 0 Å². The number of fused-ring (bicyclic) bond motifs is 2. The number of amides is 1. The molecule has 0 atom stereocenters. The number of nitrogens with zero attached hydrogens (tertiary/aromatic N) is 1. The van der Waals surface area contributed by atoms with E-state index in [1.54, 1.807) is 12.3 Å². The summed E-state index contributed by atoms with van der Waals surface area (Å²) in [5.41, 5.74) is 1.56. The zero-order valence-electron chi connectivity index (χ0n) is 25.9. The van der Waals surface area contributed by atoms with Crippen molar-refractivity contribution in [2.45, 2.75) is 103 Å². The molecule has 43 heavy (non-hydrogen) atoms. The molecule has 0 unspecified atom stereocenters. The number of carbonyl (C=O) groups is 1. The normalized spacial score (nSPS) is 13.5. The second kappa shape index (κ2) is 18.1. The molecular formula is C36H49N2O5+. The van der Waals surface area contributed by atoms with Gasteiger partial charge in [-0.2, -0.15) is 0 Å². The van der Waals surface area contributed by atoms with Crippen LogP contribution >= 0.6 is 0 Å². The lowest BCUT2D eigenvalue weighted by atomic mass is 10.1. The maximum absolute atomic E-state index is 12.4. The van der Waals surface area contributed by atoms with E-state index in [2.05, 4.69) is 29.0 Å². The molecular weight excluding hydrogens is 540 g/mol. The van der Waals surface area contributed by atoms with Crippen LogP contribution in [0.25, 0.3) is 21.9 Å². The first-order valence-corrected chi connectivity index (χ1v) is 16.4. The van der Waals surface area contributed by atoms with E-state index in [0.29, 0.717) is 29.9 Å². The van der Waals surface area contributed by atoms with Crippen molar-refractivity contribution in [3.8, 4) is 5.75 Å². The minimum Gasteiger partial charge on any atom is -0.486 e. The molecule has 0 saturated carbocycles. The molecule has 1 aliphatic rings. The molecule has 3 heterocycles. The van der Waals surface area contributed by atoms with Gasteiger partial charge in [-0.25, -0.2) is 9.37 Å². The number of benzene rings is 1. The lowest BCUT2D eigenvalue weighted by Gasteiger charge is -2.13. The summed E-state index contributed by atoms with van der Waals surface area (Å²) in [5, 5.41) is 4.80. The molecule has 0 fully saturated rings. The Morgan fingerprint density at radius 1 is 0.930 bits per heavy atom. The van der Waals surface area contributed by atoms with E-state index in [0.717, 1.165) is 55.2 Å². The smallest absolute Gasteiger partial charge is 0.336 e. The first-order valence-electron chi connectivity index (χ1n) is 16.4. The summed E-state index contributed by atoms with van der Waals surface area (Å²) in [5.74, 6) is 0.591. The van der Waals surface area contributed by atoms with Gasteiger partial charge in [-0.15, -0.1) is 0 Å². The third-order valence-corrected chi connectivity index (χ3v) is 7.99. The van der Waals surface area contributed by atoms with Crippen LogP contribution < -0.4 is 15.7 Å². The molecule has 7 heteroatoms. The predicted molar refractivity (Wildman–Crippen MR) is 174 cm³/mol. The van der Waals surface area contributed by atoms with Gasteiger partial charge in [0.1, 0.15) is 13.1 Å². The van der Waals surface area contributed by atoms with Crippen LogP contribution in [0.4, 0.5) is 0 Å². The number of allylic oxidation sites excluding steroid dienone is 3. The van der Waals surface area contributed by atoms with Crippen molar-refractivity contribution in [2.24, 2.45) is 0 Å². The summed E-state index contributed by atoms with van der Waals surface area (Å²) in [6, 6.07) is 6.94. The quantitative estimate of drug-likeness (QED) is 0.0619. The van der Waals surface area contributed by atoms with E-state index in [1.807, 2.05) is 24.4 Å². The topological polar surface area (TPSA) is 84.7 Å². The average Bonchev–Trinajstić information content (AvgIpc) is 3.48. The van der Waals surface area contributed by atoms with Gasteiger partial charge in [0.05, 0.1) is 12.9 Å². The van der Waals surface area contributed by atoms with Crippen LogP contribution in [0.15, 0.2) is 68.1 Å². The van der Waals surface area contributed by atoms with Crippen LogP contribution in [0, 0.1) is 0 Å². The fraction of sp³-hybridized carbons (Fsp3) is 0.528. The van der Waals surface area contributed by atoms with Crippen LogP contribution in [0.5, 0.6) is 5.75 Å². The van der Waals surface area contributed by atoms with Crippen molar-refractivity contribution >= 4 is 34.1 Å². The van der Waals surface area contributed by atoms with Gasteiger partial charge in [-0.3, -0.25) is 4.79 Å². The van der Waals surface area contributed by atoms with E-state index >= 15 is 0 Å². The van der Waals surface area contributed by atoms with Gasteiger partial charge in [0.2, 0.25) is 11.7 Å². The van der Waals surface area contributed by atoms with Crippen molar-refractivity contribution in [2.75, 3.05) is 19.7 Å². The summed E-state index contributed by atoms with van der Waals surface area (Å²) < 4.78 is 19.3. The summed E-state index contributed by atoms with van der Waals surface area (Å²) >= 11 is 0. The van der Waals surface area contributed by atoms with Gasteiger partial charge in [-0.1, -0.05) is 64.0 Å².